The lowest BCUT2D eigenvalue weighted by atomic mass is 10.1. The van der Waals surface area contributed by atoms with Crippen molar-refractivity contribution in [3.63, 3.8) is 0 Å². The van der Waals surface area contributed by atoms with Gasteiger partial charge in [-0.2, -0.15) is 0 Å². The number of hydrogen-bond acceptors (Lipinski definition) is 2. The Kier molecular flexibility index (Phi) is 4.36. The van der Waals surface area contributed by atoms with Crippen molar-refractivity contribution in [2.75, 3.05) is 7.11 Å². The summed E-state index contributed by atoms with van der Waals surface area (Å²) in [6.07, 6.45) is 0. The molecule has 1 heterocycles. The van der Waals surface area contributed by atoms with Gasteiger partial charge < -0.3 is 4.74 Å². The van der Waals surface area contributed by atoms with Gasteiger partial charge in [-0.3, -0.25) is 0 Å². The van der Waals surface area contributed by atoms with Crippen molar-refractivity contribution >= 4 is 50.5 Å². The highest BCUT2D eigenvalue weighted by molar-refractivity contribution is 9.10. The first-order valence-corrected chi connectivity index (χ1v) is 7.32. The number of methoxy groups -OCH3 is 1. The van der Waals surface area contributed by atoms with Crippen LogP contribution in [0.25, 0.3) is 0 Å². The van der Waals surface area contributed by atoms with Crippen molar-refractivity contribution in [1.29, 1.82) is 0 Å². The molecule has 0 aliphatic heterocycles. The maximum atomic E-state index is 6.43. The van der Waals surface area contributed by atoms with Gasteiger partial charge in [-0.1, -0.05) is 17.7 Å². The lowest BCUT2D eigenvalue weighted by molar-refractivity contribution is 0.415. The van der Waals surface area contributed by atoms with Crippen molar-refractivity contribution in [2.45, 2.75) is 5.38 Å². The van der Waals surface area contributed by atoms with E-state index in [1.807, 2.05) is 29.6 Å². The summed E-state index contributed by atoms with van der Waals surface area (Å²) in [5.74, 6) is 0.657. The fourth-order valence-electron chi connectivity index (χ4n) is 1.48. The third-order valence-corrected chi connectivity index (χ3v) is 5.17. The van der Waals surface area contributed by atoms with Crippen LogP contribution in [0.15, 0.2) is 34.1 Å². The maximum absolute atomic E-state index is 6.43. The summed E-state index contributed by atoms with van der Waals surface area (Å²) < 4.78 is 6.14. The van der Waals surface area contributed by atoms with Crippen molar-refractivity contribution in [3.05, 3.63) is 49.6 Å². The summed E-state index contributed by atoms with van der Waals surface area (Å²) in [7, 11) is 1.59. The van der Waals surface area contributed by atoms with Gasteiger partial charge in [-0.05, 0) is 45.1 Å². The summed E-state index contributed by atoms with van der Waals surface area (Å²) in [5, 5.41) is 2.37. The number of rotatable bonds is 3. The summed E-state index contributed by atoms with van der Waals surface area (Å²) in [4.78, 5) is 1.08. The minimum Gasteiger partial charge on any atom is -0.495 e. The Labute approximate surface area is 122 Å². The average Bonchev–Trinajstić information content (AvgIpc) is 2.74. The molecule has 0 fully saturated rings. The Bertz CT molecular complexity index is 527. The second-order valence-electron chi connectivity index (χ2n) is 3.39. The van der Waals surface area contributed by atoms with E-state index in [9.17, 15) is 0 Å². The Morgan fingerprint density at radius 2 is 2.12 bits per heavy atom. The zero-order valence-corrected chi connectivity index (χ0v) is 12.8. The molecule has 0 radical (unpaired) electrons. The molecule has 1 atom stereocenters. The molecule has 0 bridgehead atoms. The second kappa shape index (κ2) is 5.61. The highest BCUT2D eigenvalue weighted by Gasteiger charge is 2.16. The van der Waals surface area contributed by atoms with Gasteiger partial charge >= 0.3 is 0 Å². The Morgan fingerprint density at radius 1 is 1.35 bits per heavy atom. The Morgan fingerprint density at radius 3 is 2.65 bits per heavy atom. The van der Waals surface area contributed by atoms with Crippen molar-refractivity contribution in [3.8, 4) is 5.75 Å². The lowest BCUT2D eigenvalue weighted by Gasteiger charge is -2.11. The second-order valence-corrected chi connectivity index (χ2v) is 6.03. The van der Waals surface area contributed by atoms with E-state index in [0.717, 1.165) is 14.9 Å². The van der Waals surface area contributed by atoms with Crippen LogP contribution in [0.2, 0.25) is 5.02 Å². The molecule has 0 N–H and O–H groups in total. The predicted molar refractivity (Wildman–Crippen MR) is 77.7 cm³/mol. The first-order valence-electron chi connectivity index (χ1n) is 4.84. The molecule has 1 aromatic carbocycles. The molecule has 0 saturated heterocycles. The van der Waals surface area contributed by atoms with E-state index >= 15 is 0 Å². The number of ether oxygens (including phenoxy) is 1. The number of thiophene rings is 1. The molecule has 0 aliphatic rings. The SMILES string of the molecule is COc1ccc(C(Cl)c2sccc2Br)cc1Cl. The van der Waals surface area contributed by atoms with Crippen LogP contribution in [-0.2, 0) is 0 Å². The fourth-order valence-corrected chi connectivity index (χ4v) is 3.89. The Balaban J connectivity index is 2.35. The molecule has 0 aliphatic carbocycles. The average molecular weight is 352 g/mol. The zero-order valence-electron chi connectivity index (χ0n) is 8.91. The van der Waals surface area contributed by atoms with Crippen molar-refractivity contribution in [2.24, 2.45) is 0 Å². The normalized spacial score (nSPS) is 12.5. The quantitative estimate of drug-likeness (QED) is 0.663. The zero-order chi connectivity index (χ0) is 12.4. The van der Waals surface area contributed by atoms with Crippen LogP contribution in [0.4, 0.5) is 0 Å². The third kappa shape index (κ3) is 2.79. The van der Waals surface area contributed by atoms with Crippen molar-refractivity contribution in [1.82, 2.24) is 0 Å². The summed E-state index contributed by atoms with van der Waals surface area (Å²) in [6.45, 7) is 0. The molecule has 1 unspecified atom stereocenters. The number of alkyl halides is 1. The van der Waals surface area contributed by atoms with Crippen LogP contribution in [0.5, 0.6) is 5.75 Å². The van der Waals surface area contributed by atoms with Crippen LogP contribution < -0.4 is 4.74 Å². The molecule has 5 heteroatoms. The highest BCUT2D eigenvalue weighted by Crippen LogP contribution is 2.39. The van der Waals surface area contributed by atoms with Crippen LogP contribution in [0.3, 0.4) is 0 Å². The Hall–Kier alpha value is -0.220. The predicted octanol–water partition coefficient (Wildman–Crippen LogP) is 5.50. The van der Waals surface area contributed by atoms with Crippen LogP contribution in [-0.4, -0.2) is 7.11 Å². The van der Waals surface area contributed by atoms with Crippen molar-refractivity contribution < 1.29 is 4.74 Å². The molecule has 2 rings (SSSR count). The standard InChI is InChI=1S/C12H9BrCl2OS/c1-16-10-3-2-7(6-9(10)14)11(15)12-8(13)4-5-17-12/h2-6,11H,1H3. The summed E-state index contributed by atoms with van der Waals surface area (Å²) in [6, 6.07) is 7.58. The molecule has 2 aromatic rings. The molecule has 17 heavy (non-hydrogen) atoms. The molecule has 90 valence electrons. The molecule has 0 amide bonds. The number of benzene rings is 1. The van der Waals surface area contributed by atoms with Gasteiger partial charge in [0.15, 0.2) is 0 Å². The summed E-state index contributed by atoms with van der Waals surface area (Å²) >= 11 is 17.6. The molecule has 1 nitrogen and oxygen atoms in total. The van der Waals surface area contributed by atoms with Gasteiger partial charge in [0.2, 0.25) is 0 Å². The third-order valence-electron chi connectivity index (χ3n) is 2.34. The van der Waals surface area contributed by atoms with E-state index in [0.29, 0.717) is 10.8 Å². The largest absolute Gasteiger partial charge is 0.495 e. The number of halogens is 3. The van der Waals surface area contributed by atoms with Crippen LogP contribution in [0, 0.1) is 0 Å². The minimum atomic E-state index is -0.201. The molecule has 0 saturated carbocycles. The van der Waals surface area contributed by atoms with Gasteiger partial charge in [-0.15, -0.1) is 22.9 Å². The molecular formula is C12H9BrCl2OS. The first-order chi connectivity index (χ1) is 8.13. The monoisotopic (exact) mass is 350 g/mol. The van der Waals surface area contributed by atoms with E-state index in [1.165, 1.54) is 0 Å². The molecule has 0 spiro atoms. The van der Waals surface area contributed by atoms with Crippen LogP contribution >= 0.6 is 50.5 Å². The van der Waals surface area contributed by atoms with E-state index in [2.05, 4.69) is 15.9 Å². The highest BCUT2D eigenvalue weighted by atomic mass is 79.9. The molecule has 1 aromatic heterocycles. The molecular weight excluding hydrogens is 343 g/mol. The van der Waals surface area contributed by atoms with E-state index in [-0.39, 0.29) is 5.38 Å². The van der Waals surface area contributed by atoms with Gasteiger partial charge in [0, 0.05) is 9.35 Å². The van der Waals surface area contributed by atoms with E-state index in [4.69, 9.17) is 27.9 Å². The fraction of sp³-hybridized carbons (Fsp3) is 0.167. The topological polar surface area (TPSA) is 9.23 Å². The van der Waals surface area contributed by atoms with Gasteiger partial charge in [0.1, 0.15) is 5.75 Å². The van der Waals surface area contributed by atoms with Gasteiger partial charge in [0.25, 0.3) is 0 Å². The smallest absolute Gasteiger partial charge is 0.137 e. The maximum Gasteiger partial charge on any atom is 0.137 e. The first kappa shape index (κ1) is 13.2. The summed E-state index contributed by atoms with van der Waals surface area (Å²) in [5.41, 5.74) is 0.959. The van der Waals surface area contributed by atoms with Crippen LogP contribution in [0.1, 0.15) is 15.8 Å². The number of hydrogen-bond donors (Lipinski definition) is 0. The minimum absolute atomic E-state index is 0.201. The lowest BCUT2D eigenvalue weighted by Crippen LogP contribution is -1.92. The van der Waals surface area contributed by atoms with E-state index in [1.54, 1.807) is 18.4 Å². The van der Waals surface area contributed by atoms with Gasteiger partial charge in [0.05, 0.1) is 17.5 Å². The van der Waals surface area contributed by atoms with Gasteiger partial charge in [-0.25, -0.2) is 0 Å². The van der Waals surface area contributed by atoms with E-state index < -0.39 is 0 Å².